The number of nitrogens with one attached hydrogen (secondary N) is 1. The van der Waals surface area contributed by atoms with E-state index in [0.29, 0.717) is 12.3 Å². The number of nitrogens with zero attached hydrogens (tertiary/aromatic N) is 1. The summed E-state index contributed by atoms with van der Waals surface area (Å²) < 4.78 is 1.91. The predicted octanol–water partition coefficient (Wildman–Crippen LogP) is 0.927. The average Bonchev–Trinajstić information content (AvgIpc) is 2.30. The summed E-state index contributed by atoms with van der Waals surface area (Å²) >= 11 is 0. The first-order valence-electron chi connectivity index (χ1n) is 5.57. The maximum absolute atomic E-state index is 9.53. The predicted molar refractivity (Wildman–Crippen MR) is 81.3 cm³/mol. The first kappa shape index (κ1) is 17.4. The lowest BCUT2D eigenvalue weighted by Crippen LogP contribution is -2.35. The van der Waals surface area contributed by atoms with Crippen molar-refractivity contribution in [3.05, 3.63) is 36.5 Å². The maximum atomic E-state index is 9.53. The van der Waals surface area contributed by atoms with Gasteiger partial charge in [-0.05, 0) is 25.1 Å². The summed E-state index contributed by atoms with van der Waals surface area (Å²) in [4.78, 5) is 9.38. The quantitative estimate of drug-likeness (QED) is 0.574. The van der Waals surface area contributed by atoms with Crippen LogP contribution in [0.4, 0.5) is 4.79 Å². The number of aromatic hydroxyl groups is 1. The third kappa shape index (κ3) is 5.29. The zero-order valence-electron chi connectivity index (χ0n) is 10.8. The minimum atomic E-state index is -1.21. The summed E-state index contributed by atoms with van der Waals surface area (Å²) in [6.45, 7) is 2.11. The SMILES string of the molecule is CCNC(=O)[O-].C[n+]1cccc2cccc(O)c21.I. The van der Waals surface area contributed by atoms with E-state index in [1.54, 1.807) is 13.0 Å². The van der Waals surface area contributed by atoms with Gasteiger partial charge in [0, 0.05) is 12.6 Å². The molecular formula is C13H17IN2O3. The number of pyridine rings is 1. The van der Waals surface area contributed by atoms with Gasteiger partial charge in [-0.2, -0.15) is 4.57 Å². The molecule has 2 aromatic rings. The molecule has 104 valence electrons. The largest absolute Gasteiger partial charge is 0.530 e. The molecule has 0 atom stereocenters. The molecule has 1 aromatic carbocycles. The molecule has 2 N–H and O–H groups in total. The van der Waals surface area contributed by atoms with Crippen molar-refractivity contribution < 1.29 is 19.6 Å². The smallest absolute Gasteiger partial charge is 0.254 e. The van der Waals surface area contributed by atoms with E-state index in [4.69, 9.17) is 0 Å². The molecule has 0 radical (unpaired) electrons. The normalized spacial score (nSPS) is 8.95. The summed E-state index contributed by atoms with van der Waals surface area (Å²) in [6.07, 6.45) is 0.708. The second-order valence-electron chi connectivity index (χ2n) is 3.65. The van der Waals surface area contributed by atoms with Crippen LogP contribution < -0.4 is 15.0 Å². The Morgan fingerprint density at radius 1 is 1.37 bits per heavy atom. The fourth-order valence-corrected chi connectivity index (χ4v) is 1.56. The molecule has 2 rings (SSSR count). The van der Waals surface area contributed by atoms with E-state index in [0.717, 1.165) is 10.9 Å². The first-order chi connectivity index (χ1) is 8.56. The summed E-state index contributed by atoms with van der Waals surface area (Å²) in [5.41, 5.74) is 0.875. The fraction of sp³-hybridized carbons (Fsp3) is 0.231. The highest BCUT2D eigenvalue weighted by atomic mass is 127. The van der Waals surface area contributed by atoms with Gasteiger partial charge in [-0.3, -0.25) is 0 Å². The zero-order valence-corrected chi connectivity index (χ0v) is 13.1. The van der Waals surface area contributed by atoms with Crippen molar-refractivity contribution >= 4 is 41.0 Å². The van der Waals surface area contributed by atoms with Crippen LogP contribution in [0.3, 0.4) is 0 Å². The Morgan fingerprint density at radius 2 is 2.00 bits per heavy atom. The van der Waals surface area contributed by atoms with Crippen molar-refractivity contribution in [2.24, 2.45) is 7.05 Å². The highest BCUT2D eigenvalue weighted by Crippen LogP contribution is 2.19. The lowest BCUT2D eigenvalue weighted by atomic mass is 10.2. The number of phenolic OH excluding ortho intramolecular Hbond substituents is 1. The average molecular weight is 376 g/mol. The van der Waals surface area contributed by atoms with Crippen LogP contribution in [0.25, 0.3) is 10.9 Å². The highest BCUT2D eigenvalue weighted by molar-refractivity contribution is 14.0. The number of carboxylic acid groups (broad SMARTS) is 1. The van der Waals surface area contributed by atoms with E-state index in [9.17, 15) is 15.0 Å². The molecule has 1 aromatic heterocycles. The molecule has 0 fully saturated rings. The van der Waals surface area contributed by atoms with E-state index in [1.165, 1.54) is 0 Å². The van der Waals surface area contributed by atoms with Crippen molar-refractivity contribution in [2.75, 3.05) is 6.54 Å². The van der Waals surface area contributed by atoms with Gasteiger partial charge in [-0.1, -0.05) is 6.07 Å². The summed E-state index contributed by atoms with van der Waals surface area (Å²) in [6, 6.07) is 9.46. The van der Waals surface area contributed by atoms with Crippen LogP contribution in [0, 0.1) is 0 Å². The third-order valence-electron chi connectivity index (χ3n) is 2.31. The Morgan fingerprint density at radius 3 is 2.47 bits per heavy atom. The number of amides is 1. The van der Waals surface area contributed by atoms with E-state index in [1.807, 2.05) is 47.4 Å². The van der Waals surface area contributed by atoms with Crippen LogP contribution in [0.15, 0.2) is 36.5 Å². The van der Waals surface area contributed by atoms with Crippen LogP contribution in [0.1, 0.15) is 6.92 Å². The molecule has 6 heteroatoms. The number of hydrogen-bond donors (Lipinski definition) is 2. The van der Waals surface area contributed by atoms with Gasteiger partial charge in [-0.25, -0.2) is 0 Å². The van der Waals surface area contributed by atoms with Gasteiger partial charge < -0.3 is 20.3 Å². The second kappa shape index (κ2) is 8.52. The van der Waals surface area contributed by atoms with Gasteiger partial charge in [0.15, 0.2) is 11.9 Å². The lowest BCUT2D eigenvalue weighted by molar-refractivity contribution is -0.645. The molecule has 0 unspecified atom stereocenters. The van der Waals surface area contributed by atoms with Crippen molar-refractivity contribution in [3.63, 3.8) is 0 Å². The van der Waals surface area contributed by atoms with Crippen LogP contribution in [-0.2, 0) is 7.05 Å². The molecule has 0 spiro atoms. The number of rotatable bonds is 1. The molecule has 0 aliphatic rings. The molecule has 0 aliphatic heterocycles. The number of aromatic nitrogens is 1. The second-order valence-corrected chi connectivity index (χ2v) is 3.65. The number of para-hydroxylation sites is 1. The fourth-order valence-electron chi connectivity index (χ4n) is 1.56. The Balaban J connectivity index is 0.000000404. The van der Waals surface area contributed by atoms with Crippen LogP contribution in [0.2, 0.25) is 0 Å². The van der Waals surface area contributed by atoms with Crippen LogP contribution in [-0.4, -0.2) is 17.7 Å². The van der Waals surface area contributed by atoms with Gasteiger partial charge in [0.1, 0.15) is 13.1 Å². The van der Waals surface area contributed by atoms with E-state index >= 15 is 0 Å². The molecule has 1 amide bonds. The summed E-state index contributed by atoms with van der Waals surface area (Å²) in [7, 11) is 1.92. The number of aryl methyl sites for hydroxylation is 1. The molecule has 5 nitrogen and oxygen atoms in total. The number of hydrogen-bond acceptors (Lipinski definition) is 3. The molecule has 0 saturated heterocycles. The van der Waals surface area contributed by atoms with Crippen molar-refractivity contribution in [1.29, 1.82) is 0 Å². The Hall–Kier alpha value is -1.57. The summed E-state index contributed by atoms with van der Waals surface area (Å²) in [5.74, 6) is 0.329. The third-order valence-corrected chi connectivity index (χ3v) is 2.31. The Labute approximate surface area is 128 Å². The first-order valence-corrected chi connectivity index (χ1v) is 5.57. The number of carbonyl (C=O) groups excluding carboxylic acids is 1. The number of fused-ring (bicyclic) bond motifs is 1. The van der Waals surface area contributed by atoms with E-state index in [-0.39, 0.29) is 24.0 Å². The minimum absolute atomic E-state index is 0. The Kier molecular flexibility index (Phi) is 7.81. The highest BCUT2D eigenvalue weighted by Gasteiger charge is 2.07. The molecule has 0 bridgehead atoms. The number of carbonyl (C=O) groups is 1. The van der Waals surface area contributed by atoms with Gasteiger partial charge in [0.05, 0.1) is 5.39 Å². The number of benzene rings is 1. The monoisotopic (exact) mass is 376 g/mol. The Bertz CT molecular complexity index is 510. The minimum Gasteiger partial charge on any atom is -0.530 e. The van der Waals surface area contributed by atoms with E-state index in [2.05, 4.69) is 0 Å². The number of halogens is 1. The number of phenols is 1. The van der Waals surface area contributed by atoms with Gasteiger partial charge in [0.25, 0.3) is 5.52 Å². The molecule has 19 heavy (non-hydrogen) atoms. The maximum Gasteiger partial charge on any atom is 0.254 e. The zero-order chi connectivity index (χ0) is 13.5. The van der Waals surface area contributed by atoms with Gasteiger partial charge >= 0.3 is 0 Å². The van der Waals surface area contributed by atoms with Crippen LogP contribution in [0.5, 0.6) is 5.75 Å². The van der Waals surface area contributed by atoms with E-state index < -0.39 is 6.09 Å². The molecule has 0 saturated carbocycles. The van der Waals surface area contributed by atoms with Gasteiger partial charge in [0.2, 0.25) is 0 Å². The van der Waals surface area contributed by atoms with Crippen LogP contribution >= 0.6 is 24.0 Å². The standard InChI is InChI=1S/C10H9NO.C3H7NO2.HI/c1-11-7-3-5-8-4-2-6-9(12)10(8)11;1-2-4-3(5)6;/h2-7H,1H3;4H,2H2,1H3,(H,5,6);1H. The lowest BCUT2D eigenvalue weighted by Gasteiger charge is -1.98. The van der Waals surface area contributed by atoms with Crippen molar-refractivity contribution in [2.45, 2.75) is 6.92 Å². The van der Waals surface area contributed by atoms with Gasteiger partial charge in [-0.15, -0.1) is 24.0 Å². The molecule has 0 aliphatic carbocycles. The van der Waals surface area contributed by atoms with Crippen molar-refractivity contribution in [1.82, 2.24) is 5.32 Å². The summed E-state index contributed by atoms with van der Waals surface area (Å²) in [5, 5.41) is 22.0. The van der Waals surface area contributed by atoms with Crippen molar-refractivity contribution in [3.8, 4) is 5.75 Å². The topological polar surface area (TPSA) is 76.3 Å². The molecular weight excluding hydrogens is 359 g/mol. The molecule has 1 heterocycles.